The van der Waals surface area contributed by atoms with Gasteiger partial charge in [0.25, 0.3) is 24.1 Å². The fourth-order valence-electron chi connectivity index (χ4n) is 8.13. The zero-order valence-corrected chi connectivity index (χ0v) is 37.9. The molecule has 364 valence electrons. The number of pyridine rings is 1. The number of imide groups is 2. The normalized spacial score (nSPS) is 15.8. The lowest BCUT2D eigenvalue weighted by molar-refractivity contribution is -0.136. The van der Waals surface area contributed by atoms with Crippen molar-refractivity contribution < 1.29 is 51.4 Å². The van der Waals surface area contributed by atoms with Crippen molar-refractivity contribution in [3.05, 3.63) is 119 Å². The van der Waals surface area contributed by atoms with Gasteiger partial charge in [0, 0.05) is 43.4 Å². The first-order valence-electron chi connectivity index (χ1n) is 23.0. The van der Waals surface area contributed by atoms with E-state index in [1.54, 1.807) is 47.4 Å². The zero-order chi connectivity index (χ0) is 48.6. The van der Waals surface area contributed by atoms with Crippen LogP contribution in [-0.2, 0) is 45.0 Å². The number of alkyl halides is 2. The van der Waals surface area contributed by atoms with Crippen molar-refractivity contribution in [1.29, 1.82) is 0 Å². The van der Waals surface area contributed by atoms with Gasteiger partial charge in [0.2, 0.25) is 17.7 Å². The number of carbonyl (C=O) groups is 5. The monoisotopic (exact) mass is 961 g/mol. The van der Waals surface area contributed by atoms with Crippen molar-refractivity contribution in [3.63, 3.8) is 0 Å². The lowest BCUT2D eigenvalue weighted by Crippen LogP contribution is -2.54. The molecule has 0 radical (unpaired) electrons. The van der Waals surface area contributed by atoms with Crippen LogP contribution in [-0.4, -0.2) is 115 Å². The average molecular weight is 962 g/mol. The number of fused-ring (bicyclic) bond motifs is 1. The van der Waals surface area contributed by atoms with Crippen molar-refractivity contribution in [2.75, 3.05) is 44.9 Å². The maximum atomic E-state index is 14.1. The molecule has 1 atom stereocenters. The third kappa shape index (κ3) is 11.3. The molecule has 6 aromatic rings. The molecule has 3 aliphatic rings. The molecule has 5 amide bonds. The molecule has 1 aliphatic carbocycles. The molecule has 0 bridgehead atoms. The van der Waals surface area contributed by atoms with Gasteiger partial charge in [0.05, 0.1) is 80.2 Å². The third-order valence-corrected chi connectivity index (χ3v) is 12.0. The Balaban J connectivity index is 0.656. The zero-order valence-electron chi connectivity index (χ0n) is 37.9. The summed E-state index contributed by atoms with van der Waals surface area (Å²) in [5.74, 6) is -1.88. The van der Waals surface area contributed by atoms with Gasteiger partial charge in [-0.2, -0.15) is 5.10 Å². The highest BCUT2D eigenvalue weighted by Crippen LogP contribution is 2.35. The van der Waals surface area contributed by atoms with E-state index in [1.807, 2.05) is 18.2 Å². The maximum Gasteiger partial charge on any atom is 0.284 e. The Bertz CT molecular complexity index is 2860. The molecule has 2 fully saturated rings. The van der Waals surface area contributed by atoms with Crippen molar-refractivity contribution in [2.45, 2.75) is 70.5 Å². The topological polar surface area (TPSA) is 240 Å². The number of benzene rings is 2. The predicted molar refractivity (Wildman–Crippen MR) is 243 cm³/mol. The third-order valence-electron chi connectivity index (χ3n) is 12.0. The summed E-state index contributed by atoms with van der Waals surface area (Å²) in [5.41, 5.74) is 3.25. The molecule has 70 heavy (non-hydrogen) atoms. The van der Waals surface area contributed by atoms with Gasteiger partial charge < -0.3 is 29.3 Å². The van der Waals surface area contributed by atoms with Crippen LogP contribution in [0.5, 0.6) is 5.75 Å². The first-order chi connectivity index (χ1) is 34.1. The number of hydrogen-bond acceptors (Lipinski definition) is 15. The van der Waals surface area contributed by atoms with Crippen molar-refractivity contribution >= 4 is 35.2 Å². The largest absolute Gasteiger partial charge is 0.492 e. The Labute approximate surface area is 399 Å². The number of oxazole rings is 1. The highest BCUT2D eigenvalue weighted by molar-refractivity contribution is 6.24. The number of amides is 5. The second-order valence-electron chi connectivity index (χ2n) is 16.9. The summed E-state index contributed by atoms with van der Waals surface area (Å²) >= 11 is 0. The molecule has 9 rings (SSSR count). The van der Waals surface area contributed by atoms with Gasteiger partial charge in [-0.15, -0.1) is 5.10 Å². The van der Waals surface area contributed by atoms with E-state index in [0.29, 0.717) is 63.7 Å². The highest BCUT2D eigenvalue weighted by atomic mass is 19.3. The fraction of sp³-hybridized carbons (Fsp3) is 0.375. The maximum absolute atomic E-state index is 14.1. The molecule has 2 aromatic carbocycles. The number of aryl methyl sites for hydroxylation is 1. The quantitative estimate of drug-likeness (QED) is 0.0541. The molecule has 2 aliphatic heterocycles. The Kier molecular flexibility index (Phi) is 14.8. The molecule has 1 unspecified atom stereocenters. The minimum atomic E-state index is -2.95. The number of anilines is 1. The molecule has 1 saturated carbocycles. The number of rotatable bonds is 24. The van der Waals surface area contributed by atoms with Crippen molar-refractivity contribution in [2.24, 2.45) is 5.92 Å². The Morgan fingerprint density at radius 3 is 2.57 bits per heavy atom. The van der Waals surface area contributed by atoms with E-state index in [9.17, 15) is 32.8 Å². The van der Waals surface area contributed by atoms with Crippen LogP contribution in [0.25, 0.3) is 17.1 Å². The number of halogens is 2. The van der Waals surface area contributed by atoms with Gasteiger partial charge in [-0.1, -0.05) is 36.3 Å². The summed E-state index contributed by atoms with van der Waals surface area (Å²) in [6, 6.07) is 14.4. The van der Waals surface area contributed by atoms with E-state index < -0.39 is 47.7 Å². The molecule has 3 N–H and O–H groups in total. The van der Waals surface area contributed by atoms with Gasteiger partial charge in [0.15, 0.2) is 11.4 Å². The van der Waals surface area contributed by atoms with Crippen LogP contribution < -0.4 is 20.7 Å². The number of aromatic nitrogens is 7. The van der Waals surface area contributed by atoms with Crippen LogP contribution in [0.3, 0.4) is 0 Å². The van der Waals surface area contributed by atoms with E-state index in [-0.39, 0.29) is 53.6 Å². The van der Waals surface area contributed by atoms with Crippen molar-refractivity contribution in [3.8, 4) is 22.9 Å². The lowest BCUT2D eigenvalue weighted by Gasteiger charge is -2.27. The molecular weight excluding hydrogens is 913 g/mol. The van der Waals surface area contributed by atoms with Crippen LogP contribution in [0, 0.1) is 5.92 Å². The summed E-state index contributed by atoms with van der Waals surface area (Å²) < 4.78 is 54.1. The fourth-order valence-corrected chi connectivity index (χ4v) is 8.13. The SMILES string of the molecule is O=C1CCC(N2C(=O)c3cccc(OCCc4cnnn4CCOCCOCCNCc4ccc(-n5cc(NC(=O)c6coc(-c7ccnc(CCC8CC8)c7)n6)c(C(F)F)n5)cc4)c3C2=O)C(=O)N1. The van der Waals surface area contributed by atoms with Gasteiger partial charge in [-0.3, -0.25) is 39.2 Å². The number of hydrogen-bond donors (Lipinski definition) is 3. The van der Waals surface area contributed by atoms with E-state index in [4.69, 9.17) is 18.6 Å². The second kappa shape index (κ2) is 21.8. The number of ether oxygens (including phenoxy) is 3. The summed E-state index contributed by atoms with van der Waals surface area (Å²) in [7, 11) is 0. The Hall–Kier alpha value is -7.56. The number of nitrogens with zero attached hydrogens (tertiary/aromatic N) is 8. The van der Waals surface area contributed by atoms with Gasteiger partial charge in [-0.25, -0.2) is 23.1 Å². The molecule has 4 aromatic heterocycles. The smallest absolute Gasteiger partial charge is 0.284 e. The van der Waals surface area contributed by atoms with Gasteiger partial charge in [-0.05, 0) is 67.1 Å². The van der Waals surface area contributed by atoms with Crippen molar-refractivity contribution in [1.82, 2.24) is 50.3 Å². The first-order valence-corrected chi connectivity index (χ1v) is 23.0. The predicted octanol–water partition coefficient (Wildman–Crippen LogP) is 4.89. The van der Waals surface area contributed by atoms with Crippen LogP contribution >= 0.6 is 0 Å². The van der Waals surface area contributed by atoms with E-state index in [0.717, 1.165) is 40.6 Å². The minimum Gasteiger partial charge on any atom is -0.492 e. The molecule has 0 spiro atoms. The first kappa shape index (κ1) is 47.5. The molecule has 6 heterocycles. The number of piperidine rings is 1. The summed E-state index contributed by atoms with van der Waals surface area (Å²) in [4.78, 5) is 73.3. The highest BCUT2D eigenvalue weighted by Gasteiger charge is 2.46. The van der Waals surface area contributed by atoms with Crippen LogP contribution in [0.15, 0.2) is 83.9 Å². The molecule has 1 saturated heterocycles. The van der Waals surface area contributed by atoms with E-state index in [1.165, 1.54) is 36.0 Å². The van der Waals surface area contributed by atoms with Crippen LogP contribution in [0.1, 0.15) is 92.4 Å². The molecule has 22 heteroatoms. The van der Waals surface area contributed by atoms with Crippen LogP contribution in [0.2, 0.25) is 0 Å². The van der Waals surface area contributed by atoms with E-state index >= 15 is 0 Å². The molecule has 20 nitrogen and oxygen atoms in total. The summed E-state index contributed by atoms with van der Waals surface area (Å²) in [6.45, 7) is 3.19. The van der Waals surface area contributed by atoms with E-state index in [2.05, 4.69) is 41.3 Å². The van der Waals surface area contributed by atoms with Gasteiger partial charge in [0.1, 0.15) is 18.1 Å². The van der Waals surface area contributed by atoms with Crippen LogP contribution in [0.4, 0.5) is 14.5 Å². The lowest BCUT2D eigenvalue weighted by atomic mass is 10.0. The Morgan fingerprint density at radius 2 is 1.77 bits per heavy atom. The number of carbonyl (C=O) groups excluding carboxylic acids is 5. The molecular formula is C48H49F2N11O9. The summed E-state index contributed by atoms with van der Waals surface area (Å²) in [5, 5.41) is 20.2. The standard InChI is InChI=1S/C48H49F2N11O9/c49-43(50)42-36(54-44(63)37-28-70-46(55-37)31-14-16-52-32(24-31)9-6-29-4-5-29)27-60(57-42)33-10-7-30(8-11-33)25-51-17-20-67-22-23-68-21-18-59-34(26-53-58-59)15-19-69-39-3-1-2-35-41(39)48(66)61(47(35)65)38-12-13-40(62)56-45(38)64/h1-3,7-8,10-11,14,16,24,26-29,38,43,51H,4-6,9,12-13,15,17-23,25H2,(H,54,63)(H,56,62,64). The summed E-state index contributed by atoms with van der Waals surface area (Å²) in [6.07, 6.45) is 7.79. The average Bonchev–Trinajstić information content (AvgIpc) is 3.62. The second-order valence-corrected chi connectivity index (χ2v) is 16.9. The number of nitrogens with one attached hydrogen (secondary N) is 3. The van der Waals surface area contributed by atoms with Gasteiger partial charge >= 0.3 is 0 Å². The Morgan fingerprint density at radius 1 is 0.943 bits per heavy atom. The minimum absolute atomic E-state index is 0.0272.